The van der Waals surface area contributed by atoms with Gasteiger partial charge in [-0.25, -0.2) is 0 Å². The number of benzene rings is 2. The maximum absolute atomic E-state index is 12.2. The topological polar surface area (TPSA) is 112 Å². The molecule has 0 spiro atoms. The van der Waals surface area contributed by atoms with Gasteiger partial charge in [0.1, 0.15) is 11.6 Å². The van der Waals surface area contributed by atoms with Crippen LogP contribution in [0.15, 0.2) is 58.8 Å². The SMILES string of the molecule is CCN(CCC(=O)OCC(=O)c1ccccc1)c1ccc(/N=N/c2sc(C=O)c(Cl)c2C#N)c(C)c1. The van der Waals surface area contributed by atoms with E-state index < -0.39 is 5.97 Å². The molecule has 0 aliphatic heterocycles. The number of ketones is 1. The van der Waals surface area contributed by atoms with E-state index in [0.29, 0.717) is 30.6 Å². The summed E-state index contributed by atoms with van der Waals surface area (Å²) < 4.78 is 5.15. The van der Waals surface area contributed by atoms with Gasteiger partial charge in [0, 0.05) is 24.3 Å². The molecule has 0 aliphatic rings. The van der Waals surface area contributed by atoms with Crippen molar-refractivity contribution in [3.05, 3.63) is 75.1 Å². The van der Waals surface area contributed by atoms with Crippen LogP contribution in [0.25, 0.3) is 0 Å². The van der Waals surface area contributed by atoms with E-state index in [1.54, 1.807) is 30.3 Å². The zero-order valence-electron chi connectivity index (χ0n) is 19.7. The Morgan fingerprint density at radius 2 is 1.94 bits per heavy atom. The summed E-state index contributed by atoms with van der Waals surface area (Å²) in [7, 11) is 0. The molecule has 0 bridgehead atoms. The van der Waals surface area contributed by atoms with Crippen LogP contribution in [0.2, 0.25) is 5.02 Å². The summed E-state index contributed by atoms with van der Waals surface area (Å²) in [4.78, 5) is 37.6. The van der Waals surface area contributed by atoms with Crippen molar-refractivity contribution in [2.24, 2.45) is 10.2 Å². The number of ether oxygens (including phenoxy) is 1. The number of anilines is 1. The van der Waals surface area contributed by atoms with E-state index in [9.17, 15) is 19.6 Å². The Kier molecular flexibility index (Phi) is 9.45. The summed E-state index contributed by atoms with van der Waals surface area (Å²) in [5.74, 6) is -0.691. The number of carbonyl (C=O) groups excluding carboxylic acids is 3. The molecule has 8 nitrogen and oxygen atoms in total. The second-order valence-corrected chi connectivity index (χ2v) is 9.05. The smallest absolute Gasteiger partial charge is 0.308 e. The van der Waals surface area contributed by atoms with Crippen molar-refractivity contribution in [2.45, 2.75) is 20.3 Å². The molecule has 2 aromatic carbocycles. The number of halogens is 1. The first kappa shape index (κ1) is 26.7. The summed E-state index contributed by atoms with van der Waals surface area (Å²) in [6, 6.07) is 16.2. The Morgan fingerprint density at radius 1 is 1.19 bits per heavy atom. The Morgan fingerprint density at radius 3 is 2.58 bits per heavy atom. The molecule has 10 heteroatoms. The van der Waals surface area contributed by atoms with Crippen LogP contribution in [0.4, 0.5) is 16.4 Å². The van der Waals surface area contributed by atoms with Gasteiger partial charge in [-0.05, 0) is 37.6 Å². The first-order valence-corrected chi connectivity index (χ1v) is 12.3. The third kappa shape index (κ3) is 6.62. The standard InChI is InChI=1S/C26H23ClN4O4S/c1-3-31(12-11-24(34)35-16-22(33)18-7-5-4-6-8-18)19-9-10-21(17(2)13-19)29-30-26-20(14-28)25(27)23(15-32)36-26/h4-10,13,15H,3,11-12,16H2,1-2H3/b30-29+. The maximum Gasteiger partial charge on any atom is 0.308 e. The van der Waals surface area contributed by atoms with Crippen LogP contribution in [-0.2, 0) is 9.53 Å². The van der Waals surface area contributed by atoms with E-state index in [4.69, 9.17) is 16.3 Å². The number of Topliss-reactive ketones (excluding diaryl/α,β-unsaturated/α-hetero) is 1. The number of aryl methyl sites for hydroxylation is 1. The van der Waals surface area contributed by atoms with Crippen molar-refractivity contribution in [1.82, 2.24) is 0 Å². The largest absolute Gasteiger partial charge is 0.457 e. The van der Waals surface area contributed by atoms with Gasteiger partial charge in [-0.2, -0.15) is 5.26 Å². The van der Waals surface area contributed by atoms with Crippen LogP contribution < -0.4 is 4.90 Å². The predicted molar refractivity (Wildman–Crippen MR) is 139 cm³/mol. The summed E-state index contributed by atoms with van der Waals surface area (Å²) in [5.41, 5.74) is 2.94. The van der Waals surface area contributed by atoms with Crippen LogP contribution in [0, 0.1) is 18.3 Å². The monoisotopic (exact) mass is 522 g/mol. The minimum absolute atomic E-state index is 0.0834. The Bertz CT molecular complexity index is 1330. The number of nitrogens with zero attached hydrogens (tertiary/aromatic N) is 4. The molecule has 0 fully saturated rings. The normalized spacial score (nSPS) is 10.7. The second-order valence-electron chi connectivity index (χ2n) is 7.64. The number of hydrogen-bond donors (Lipinski definition) is 0. The van der Waals surface area contributed by atoms with Crippen LogP contribution in [0.3, 0.4) is 0 Å². The Labute approximate surface area is 217 Å². The number of azo groups is 1. The highest BCUT2D eigenvalue weighted by molar-refractivity contribution is 7.18. The van der Waals surface area contributed by atoms with E-state index in [2.05, 4.69) is 10.2 Å². The van der Waals surface area contributed by atoms with Gasteiger partial charge in [-0.3, -0.25) is 14.4 Å². The highest BCUT2D eigenvalue weighted by Gasteiger charge is 2.16. The quantitative estimate of drug-likeness (QED) is 0.124. The first-order valence-electron chi connectivity index (χ1n) is 11.1. The van der Waals surface area contributed by atoms with Gasteiger partial charge in [-0.1, -0.05) is 41.9 Å². The minimum Gasteiger partial charge on any atom is -0.457 e. The van der Waals surface area contributed by atoms with Crippen LogP contribution in [0.5, 0.6) is 0 Å². The zero-order chi connectivity index (χ0) is 26.1. The van der Waals surface area contributed by atoms with Gasteiger partial charge in [0.15, 0.2) is 23.7 Å². The predicted octanol–water partition coefficient (Wildman–Crippen LogP) is 6.45. The van der Waals surface area contributed by atoms with Gasteiger partial charge < -0.3 is 9.64 Å². The second kappa shape index (κ2) is 12.7. The molecule has 3 rings (SSSR count). The van der Waals surface area contributed by atoms with E-state index in [0.717, 1.165) is 22.6 Å². The molecular formula is C26H23ClN4O4S. The molecule has 0 unspecified atom stereocenters. The molecule has 0 saturated heterocycles. The molecule has 0 atom stereocenters. The highest BCUT2D eigenvalue weighted by atomic mass is 35.5. The average Bonchev–Trinajstić information content (AvgIpc) is 3.21. The third-order valence-electron chi connectivity index (χ3n) is 5.30. The molecule has 0 aliphatic carbocycles. The molecule has 1 heterocycles. The lowest BCUT2D eigenvalue weighted by Crippen LogP contribution is -2.27. The Balaban J connectivity index is 1.61. The van der Waals surface area contributed by atoms with Gasteiger partial charge in [0.2, 0.25) is 0 Å². The lowest BCUT2D eigenvalue weighted by atomic mass is 10.1. The number of nitriles is 1. The minimum atomic E-state index is -0.447. The molecule has 0 saturated carbocycles. The molecule has 1 aromatic heterocycles. The molecule has 0 amide bonds. The van der Waals surface area contributed by atoms with Crippen molar-refractivity contribution in [1.29, 1.82) is 5.26 Å². The van der Waals surface area contributed by atoms with Crippen molar-refractivity contribution in [3.8, 4) is 6.07 Å². The van der Waals surface area contributed by atoms with Gasteiger partial charge in [0.25, 0.3) is 0 Å². The summed E-state index contributed by atoms with van der Waals surface area (Å²) >= 11 is 7.03. The van der Waals surface area contributed by atoms with Crippen LogP contribution >= 0.6 is 22.9 Å². The number of carbonyl (C=O) groups is 3. The molecule has 0 radical (unpaired) electrons. The Hall–Kier alpha value is -3.87. The summed E-state index contributed by atoms with van der Waals surface area (Å²) in [6.45, 7) is 4.64. The van der Waals surface area contributed by atoms with Crippen molar-refractivity contribution < 1.29 is 19.1 Å². The molecule has 36 heavy (non-hydrogen) atoms. The number of aldehydes is 1. The average molecular weight is 523 g/mol. The third-order valence-corrected chi connectivity index (χ3v) is 6.80. The number of hydrogen-bond acceptors (Lipinski definition) is 9. The van der Waals surface area contributed by atoms with Crippen LogP contribution in [-0.4, -0.2) is 37.7 Å². The first-order chi connectivity index (χ1) is 17.4. The molecule has 0 N–H and O–H groups in total. The molecule has 3 aromatic rings. The molecular weight excluding hydrogens is 500 g/mol. The lowest BCUT2D eigenvalue weighted by Gasteiger charge is -2.23. The van der Waals surface area contributed by atoms with Crippen molar-refractivity contribution in [3.63, 3.8) is 0 Å². The highest BCUT2D eigenvalue weighted by Crippen LogP contribution is 2.38. The van der Waals surface area contributed by atoms with Gasteiger partial charge in [0.05, 0.1) is 22.0 Å². The number of rotatable bonds is 11. The summed E-state index contributed by atoms with van der Waals surface area (Å²) in [6.07, 6.45) is 0.717. The summed E-state index contributed by atoms with van der Waals surface area (Å²) in [5, 5.41) is 18.0. The fourth-order valence-electron chi connectivity index (χ4n) is 3.33. The van der Waals surface area contributed by atoms with Crippen LogP contribution in [0.1, 0.15) is 44.5 Å². The van der Waals surface area contributed by atoms with Gasteiger partial charge >= 0.3 is 5.97 Å². The fraction of sp³-hybridized carbons (Fsp3) is 0.231. The number of thiophene rings is 1. The van der Waals surface area contributed by atoms with E-state index >= 15 is 0 Å². The number of esters is 1. The zero-order valence-corrected chi connectivity index (χ0v) is 21.3. The van der Waals surface area contributed by atoms with Gasteiger partial charge in [-0.15, -0.1) is 21.6 Å². The van der Waals surface area contributed by atoms with Crippen molar-refractivity contribution >= 4 is 57.4 Å². The lowest BCUT2D eigenvalue weighted by molar-refractivity contribution is -0.142. The van der Waals surface area contributed by atoms with E-state index in [1.807, 2.05) is 43.0 Å². The van der Waals surface area contributed by atoms with Crippen molar-refractivity contribution in [2.75, 3.05) is 24.6 Å². The molecule has 184 valence electrons. The van der Waals surface area contributed by atoms with E-state index in [-0.39, 0.29) is 39.3 Å². The van der Waals surface area contributed by atoms with E-state index in [1.165, 1.54) is 0 Å². The maximum atomic E-state index is 12.2. The fourth-order valence-corrected chi connectivity index (χ4v) is 4.46.